The van der Waals surface area contributed by atoms with Crippen LogP contribution in [0.25, 0.3) is 0 Å². The average Bonchev–Trinajstić information content (AvgIpc) is 2.50. The lowest BCUT2D eigenvalue weighted by Crippen LogP contribution is -2.03. The number of carbonyl (C=O) groups is 2. The summed E-state index contributed by atoms with van der Waals surface area (Å²) in [6, 6.07) is 6.68. The minimum Gasteiger partial charge on any atom is -0.465 e. The molecular formula is C17H24O3. The molecule has 3 nitrogen and oxygen atoms in total. The van der Waals surface area contributed by atoms with Crippen LogP contribution in [0.4, 0.5) is 0 Å². The Morgan fingerprint density at radius 2 is 1.45 bits per heavy atom. The van der Waals surface area contributed by atoms with Gasteiger partial charge in [-0.1, -0.05) is 51.2 Å². The lowest BCUT2D eigenvalue weighted by Gasteiger charge is -2.03. The van der Waals surface area contributed by atoms with Crippen LogP contribution in [0.15, 0.2) is 24.3 Å². The maximum absolute atomic E-state index is 12.0. The third-order valence-electron chi connectivity index (χ3n) is 3.39. The van der Waals surface area contributed by atoms with E-state index >= 15 is 0 Å². The molecule has 0 spiro atoms. The lowest BCUT2D eigenvalue weighted by molar-refractivity contribution is 0.0600. The topological polar surface area (TPSA) is 43.4 Å². The van der Waals surface area contributed by atoms with E-state index in [4.69, 9.17) is 0 Å². The maximum Gasteiger partial charge on any atom is 0.337 e. The van der Waals surface area contributed by atoms with E-state index in [0.29, 0.717) is 17.5 Å². The number of ketones is 1. The van der Waals surface area contributed by atoms with Gasteiger partial charge >= 0.3 is 5.97 Å². The van der Waals surface area contributed by atoms with Gasteiger partial charge in [0.2, 0.25) is 0 Å². The van der Waals surface area contributed by atoms with E-state index in [9.17, 15) is 9.59 Å². The number of carbonyl (C=O) groups excluding carboxylic acids is 2. The van der Waals surface area contributed by atoms with Crippen molar-refractivity contribution in [2.24, 2.45) is 0 Å². The van der Waals surface area contributed by atoms with Gasteiger partial charge in [0.1, 0.15) is 0 Å². The van der Waals surface area contributed by atoms with Crippen molar-refractivity contribution < 1.29 is 14.3 Å². The molecule has 20 heavy (non-hydrogen) atoms. The van der Waals surface area contributed by atoms with E-state index < -0.39 is 0 Å². The van der Waals surface area contributed by atoms with E-state index in [-0.39, 0.29) is 11.8 Å². The molecule has 0 atom stereocenters. The molecule has 0 aliphatic carbocycles. The summed E-state index contributed by atoms with van der Waals surface area (Å²) in [5, 5.41) is 0. The number of hydrogen-bond donors (Lipinski definition) is 0. The van der Waals surface area contributed by atoms with Crippen LogP contribution < -0.4 is 0 Å². The fraction of sp³-hybridized carbons (Fsp3) is 0.529. The highest BCUT2D eigenvalue weighted by atomic mass is 16.5. The SMILES string of the molecule is CCCCCCCCC(=O)c1ccc(C(=O)OC)cc1. The summed E-state index contributed by atoms with van der Waals surface area (Å²) in [5.41, 5.74) is 1.15. The summed E-state index contributed by atoms with van der Waals surface area (Å²) in [5.74, 6) is -0.225. The zero-order valence-electron chi connectivity index (χ0n) is 12.5. The first-order chi connectivity index (χ1) is 9.69. The normalized spacial score (nSPS) is 10.3. The fourth-order valence-electron chi connectivity index (χ4n) is 2.12. The molecule has 0 saturated heterocycles. The van der Waals surface area contributed by atoms with Crippen molar-refractivity contribution in [1.82, 2.24) is 0 Å². The molecule has 0 amide bonds. The van der Waals surface area contributed by atoms with Gasteiger partial charge in [0.05, 0.1) is 12.7 Å². The van der Waals surface area contributed by atoms with Gasteiger partial charge in [-0.3, -0.25) is 4.79 Å². The Balaban J connectivity index is 2.34. The van der Waals surface area contributed by atoms with Crippen LogP contribution in [0, 0.1) is 0 Å². The molecule has 0 aliphatic heterocycles. The Morgan fingerprint density at radius 1 is 0.900 bits per heavy atom. The van der Waals surface area contributed by atoms with Crippen LogP contribution in [-0.4, -0.2) is 18.9 Å². The van der Waals surface area contributed by atoms with Crippen molar-refractivity contribution in [3.63, 3.8) is 0 Å². The van der Waals surface area contributed by atoms with Gasteiger partial charge < -0.3 is 4.74 Å². The average molecular weight is 276 g/mol. The second-order valence-electron chi connectivity index (χ2n) is 5.01. The van der Waals surface area contributed by atoms with Gasteiger partial charge in [-0.15, -0.1) is 0 Å². The Morgan fingerprint density at radius 3 is 2.05 bits per heavy atom. The molecule has 0 N–H and O–H groups in total. The number of methoxy groups -OCH3 is 1. The van der Waals surface area contributed by atoms with E-state index in [2.05, 4.69) is 11.7 Å². The number of Topliss-reactive ketones (excluding diaryl/α,β-unsaturated/α-hetero) is 1. The minimum atomic E-state index is -0.375. The highest BCUT2D eigenvalue weighted by molar-refractivity contribution is 5.97. The molecule has 0 unspecified atom stereocenters. The molecule has 0 aliphatic rings. The first-order valence-corrected chi connectivity index (χ1v) is 7.40. The van der Waals surface area contributed by atoms with Crippen LogP contribution in [0.3, 0.4) is 0 Å². The van der Waals surface area contributed by atoms with Gasteiger partial charge in [0.15, 0.2) is 5.78 Å². The van der Waals surface area contributed by atoms with E-state index in [1.54, 1.807) is 24.3 Å². The first kappa shape index (κ1) is 16.4. The molecule has 0 aromatic heterocycles. The summed E-state index contributed by atoms with van der Waals surface area (Å²) < 4.78 is 4.62. The molecule has 1 aromatic rings. The minimum absolute atomic E-state index is 0.150. The van der Waals surface area contributed by atoms with Crippen molar-refractivity contribution in [2.45, 2.75) is 51.9 Å². The van der Waals surface area contributed by atoms with Crippen molar-refractivity contribution in [3.8, 4) is 0 Å². The summed E-state index contributed by atoms with van der Waals surface area (Å²) in [4.78, 5) is 23.3. The maximum atomic E-state index is 12.0. The van der Waals surface area contributed by atoms with Crippen LogP contribution in [0.1, 0.15) is 72.6 Å². The van der Waals surface area contributed by atoms with Crippen molar-refractivity contribution >= 4 is 11.8 Å². The van der Waals surface area contributed by atoms with Gasteiger partial charge in [0, 0.05) is 12.0 Å². The number of unbranched alkanes of at least 4 members (excludes halogenated alkanes) is 5. The standard InChI is InChI=1S/C17H24O3/c1-3-4-5-6-7-8-9-16(18)14-10-12-15(13-11-14)17(19)20-2/h10-13H,3-9H2,1-2H3. The molecule has 110 valence electrons. The lowest BCUT2D eigenvalue weighted by atomic mass is 10.0. The molecule has 1 aromatic carbocycles. The zero-order chi connectivity index (χ0) is 14.8. The molecule has 0 heterocycles. The summed E-state index contributed by atoms with van der Waals surface area (Å²) >= 11 is 0. The van der Waals surface area contributed by atoms with Crippen LogP contribution in [0.5, 0.6) is 0 Å². The molecule has 0 radical (unpaired) electrons. The smallest absolute Gasteiger partial charge is 0.337 e. The summed E-state index contributed by atoms with van der Waals surface area (Å²) in [6.45, 7) is 2.20. The van der Waals surface area contributed by atoms with E-state index in [1.165, 1.54) is 32.8 Å². The monoisotopic (exact) mass is 276 g/mol. The van der Waals surface area contributed by atoms with Crippen LogP contribution >= 0.6 is 0 Å². The second kappa shape index (κ2) is 9.29. The second-order valence-corrected chi connectivity index (χ2v) is 5.01. The number of esters is 1. The van der Waals surface area contributed by atoms with Gasteiger partial charge in [-0.2, -0.15) is 0 Å². The number of benzene rings is 1. The third-order valence-corrected chi connectivity index (χ3v) is 3.39. The van der Waals surface area contributed by atoms with Crippen molar-refractivity contribution in [1.29, 1.82) is 0 Å². The molecule has 0 fully saturated rings. The quantitative estimate of drug-likeness (QED) is 0.381. The van der Waals surface area contributed by atoms with Gasteiger partial charge in [-0.25, -0.2) is 4.79 Å². The number of hydrogen-bond acceptors (Lipinski definition) is 3. The van der Waals surface area contributed by atoms with Crippen molar-refractivity contribution in [2.75, 3.05) is 7.11 Å². The Bertz CT molecular complexity index is 420. The van der Waals surface area contributed by atoms with Crippen molar-refractivity contribution in [3.05, 3.63) is 35.4 Å². The van der Waals surface area contributed by atoms with E-state index in [1.807, 2.05) is 0 Å². The third kappa shape index (κ3) is 5.55. The molecule has 1 rings (SSSR count). The Labute approximate surface area is 121 Å². The first-order valence-electron chi connectivity index (χ1n) is 7.40. The predicted molar refractivity (Wildman–Crippen MR) is 80.1 cm³/mol. The summed E-state index contributed by atoms with van der Waals surface area (Å²) in [7, 11) is 1.35. The van der Waals surface area contributed by atoms with E-state index in [0.717, 1.165) is 12.8 Å². The number of rotatable bonds is 9. The largest absolute Gasteiger partial charge is 0.465 e. The zero-order valence-corrected chi connectivity index (χ0v) is 12.5. The fourth-order valence-corrected chi connectivity index (χ4v) is 2.12. The Kier molecular flexibility index (Phi) is 7.63. The van der Waals surface area contributed by atoms with Crippen LogP contribution in [0.2, 0.25) is 0 Å². The molecule has 3 heteroatoms. The Hall–Kier alpha value is -1.64. The highest BCUT2D eigenvalue weighted by Crippen LogP contribution is 2.12. The molecule has 0 saturated carbocycles. The number of ether oxygens (including phenoxy) is 1. The molecular weight excluding hydrogens is 252 g/mol. The predicted octanol–water partition coefficient (Wildman–Crippen LogP) is 4.41. The molecule has 0 bridgehead atoms. The van der Waals surface area contributed by atoms with Gasteiger partial charge in [0.25, 0.3) is 0 Å². The van der Waals surface area contributed by atoms with Crippen LogP contribution in [-0.2, 0) is 4.74 Å². The van der Waals surface area contributed by atoms with Gasteiger partial charge in [-0.05, 0) is 18.6 Å². The summed E-state index contributed by atoms with van der Waals surface area (Å²) in [6.07, 6.45) is 7.65. The highest BCUT2D eigenvalue weighted by Gasteiger charge is 2.08.